The third-order valence-electron chi connectivity index (χ3n) is 2.10. The van der Waals surface area contributed by atoms with E-state index in [9.17, 15) is 13.2 Å². The van der Waals surface area contributed by atoms with Gasteiger partial charge in [-0.25, -0.2) is 5.01 Å². The third kappa shape index (κ3) is 6.76. The molecule has 0 unspecified atom stereocenters. The molecule has 0 aliphatic carbocycles. The Morgan fingerprint density at radius 2 is 1.84 bits per heavy atom. The number of nitrogens with one attached hydrogen (secondary N) is 1. The molecule has 0 aromatic heterocycles. The summed E-state index contributed by atoms with van der Waals surface area (Å²) in [6, 6.07) is 0. The van der Waals surface area contributed by atoms with Crippen molar-refractivity contribution in [3.05, 3.63) is 11.8 Å². The number of likely N-dealkylation sites (N-methyl/N-ethyl adjacent to an activating group) is 1. The maximum atomic E-state index is 10.7. The minimum atomic E-state index is -5.84. The molecule has 0 atom stereocenters. The average molecular weight is 305 g/mol. The van der Waals surface area contributed by atoms with E-state index in [-0.39, 0.29) is 0 Å². The van der Waals surface area contributed by atoms with Gasteiger partial charge < -0.3 is 5.01 Å². The van der Waals surface area contributed by atoms with Crippen LogP contribution in [-0.4, -0.2) is 48.1 Å². The van der Waals surface area contributed by atoms with Crippen molar-refractivity contribution in [3.63, 3.8) is 0 Å². The summed E-state index contributed by atoms with van der Waals surface area (Å²) in [5, 5.41) is 4.29. The van der Waals surface area contributed by atoms with E-state index in [1.807, 2.05) is 0 Å². The van der Waals surface area contributed by atoms with Gasteiger partial charge in [-0.05, 0) is 19.4 Å². The Labute approximate surface area is 110 Å². The molecule has 1 rings (SSSR count). The molecular weight excluding hydrogens is 287 g/mol. The quantitative estimate of drug-likeness (QED) is 0.593. The van der Waals surface area contributed by atoms with Gasteiger partial charge in [-0.15, -0.1) is 0 Å². The van der Waals surface area contributed by atoms with Crippen LogP contribution in [0.15, 0.2) is 11.8 Å². The number of alkyl halides is 3. The predicted molar refractivity (Wildman–Crippen MR) is 64.1 cm³/mol. The highest BCUT2D eigenvalue weighted by atomic mass is 32.2. The zero-order valence-corrected chi connectivity index (χ0v) is 11.7. The minimum absolute atomic E-state index is 1.01. The Hall–Kier alpha value is -0.840. The number of halogens is 3. The number of hydrazine groups is 2. The van der Waals surface area contributed by atoms with E-state index in [0.29, 0.717) is 0 Å². The SMILES string of the molecule is CCN1C=C(C)CN(CC)N1.O=S(=O)(O)C(F)(F)F. The first-order valence-corrected chi connectivity index (χ1v) is 6.94. The number of nitrogens with zero attached hydrogens (tertiary/aromatic N) is 2. The van der Waals surface area contributed by atoms with Gasteiger partial charge in [0.15, 0.2) is 0 Å². The molecule has 6 nitrogen and oxygen atoms in total. The summed E-state index contributed by atoms with van der Waals surface area (Å²) in [7, 11) is -5.84. The monoisotopic (exact) mass is 305 g/mol. The molecule has 0 amide bonds. The van der Waals surface area contributed by atoms with Crippen LogP contribution in [-0.2, 0) is 10.1 Å². The molecule has 2 N–H and O–H groups in total. The second-order valence-electron chi connectivity index (χ2n) is 3.80. The molecule has 0 radical (unpaired) electrons. The first-order chi connectivity index (χ1) is 8.51. The van der Waals surface area contributed by atoms with Crippen molar-refractivity contribution in [2.24, 2.45) is 0 Å². The topological polar surface area (TPSA) is 72.9 Å². The summed E-state index contributed by atoms with van der Waals surface area (Å²) in [6.45, 7) is 9.53. The summed E-state index contributed by atoms with van der Waals surface area (Å²) < 4.78 is 57.5. The van der Waals surface area contributed by atoms with Crippen LogP contribution in [0, 0.1) is 0 Å². The van der Waals surface area contributed by atoms with E-state index in [1.165, 1.54) is 5.57 Å². The fourth-order valence-electron chi connectivity index (χ4n) is 1.20. The molecule has 0 aromatic rings. The first kappa shape index (κ1) is 18.2. The fraction of sp³-hybridized carbons (Fsp3) is 0.778. The molecule has 1 heterocycles. The van der Waals surface area contributed by atoms with Crippen LogP contribution >= 0.6 is 0 Å². The van der Waals surface area contributed by atoms with Gasteiger partial charge in [-0.3, -0.25) is 4.55 Å². The molecule has 114 valence electrons. The van der Waals surface area contributed by atoms with E-state index in [1.54, 1.807) is 0 Å². The Morgan fingerprint density at radius 3 is 2.16 bits per heavy atom. The number of hydrogen-bond acceptors (Lipinski definition) is 5. The Kier molecular flexibility index (Phi) is 6.77. The van der Waals surface area contributed by atoms with Crippen molar-refractivity contribution in [1.29, 1.82) is 0 Å². The van der Waals surface area contributed by atoms with Crippen molar-refractivity contribution in [1.82, 2.24) is 15.6 Å². The van der Waals surface area contributed by atoms with Gasteiger partial charge in [0.05, 0.1) is 0 Å². The highest BCUT2D eigenvalue weighted by molar-refractivity contribution is 7.86. The van der Waals surface area contributed by atoms with Crippen LogP contribution in [0.2, 0.25) is 0 Å². The third-order valence-corrected chi connectivity index (χ3v) is 2.69. The fourth-order valence-corrected chi connectivity index (χ4v) is 1.20. The average Bonchev–Trinajstić information content (AvgIpc) is 2.26. The summed E-state index contributed by atoms with van der Waals surface area (Å²) in [6.07, 6.45) is 2.16. The van der Waals surface area contributed by atoms with Crippen LogP contribution in [0.25, 0.3) is 0 Å². The van der Waals surface area contributed by atoms with Crippen molar-refractivity contribution in [2.45, 2.75) is 26.3 Å². The molecule has 0 spiro atoms. The minimum Gasteiger partial charge on any atom is -0.302 e. The van der Waals surface area contributed by atoms with Gasteiger partial charge in [0.1, 0.15) is 0 Å². The normalized spacial score (nSPS) is 17.6. The van der Waals surface area contributed by atoms with E-state index < -0.39 is 15.6 Å². The molecule has 1 aliphatic heterocycles. The molecule has 0 saturated carbocycles. The molecule has 1 aliphatic rings. The van der Waals surface area contributed by atoms with Gasteiger partial charge in [-0.1, -0.05) is 6.92 Å². The van der Waals surface area contributed by atoms with E-state index in [4.69, 9.17) is 13.0 Å². The molecule has 0 saturated heterocycles. The highest BCUT2D eigenvalue weighted by Crippen LogP contribution is 2.20. The largest absolute Gasteiger partial charge is 0.522 e. The summed E-state index contributed by atoms with van der Waals surface area (Å²) in [5.41, 5.74) is -0.852. The van der Waals surface area contributed by atoms with E-state index >= 15 is 0 Å². The maximum Gasteiger partial charge on any atom is 0.522 e. The maximum absolute atomic E-state index is 10.7. The van der Waals surface area contributed by atoms with Crippen LogP contribution in [0.3, 0.4) is 0 Å². The Balaban J connectivity index is 0.000000362. The molecular formula is C9H18F3N3O3S. The Morgan fingerprint density at radius 1 is 1.37 bits per heavy atom. The van der Waals surface area contributed by atoms with Crippen molar-refractivity contribution in [3.8, 4) is 0 Å². The zero-order valence-electron chi connectivity index (χ0n) is 10.9. The van der Waals surface area contributed by atoms with E-state index in [2.05, 4.69) is 42.5 Å². The van der Waals surface area contributed by atoms with Crippen LogP contribution in [0.5, 0.6) is 0 Å². The van der Waals surface area contributed by atoms with Gasteiger partial charge in [0.25, 0.3) is 0 Å². The second kappa shape index (κ2) is 7.08. The summed E-state index contributed by atoms with van der Waals surface area (Å²) >= 11 is 0. The molecule has 19 heavy (non-hydrogen) atoms. The summed E-state index contributed by atoms with van der Waals surface area (Å²) in [4.78, 5) is 0. The molecule has 0 aromatic carbocycles. The summed E-state index contributed by atoms with van der Waals surface area (Å²) in [5.74, 6) is 0. The van der Waals surface area contributed by atoms with Gasteiger partial charge in [-0.2, -0.15) is 27.1 Å². The lowest BCUT2D eigenvalue weighted by Gasteiger charge is -2.34. The van der Waals surface area contributed by atoms with E-state index in [0.717, 1.165) is 19.6 Å². The van der Waals surface area contributed by atoms with Crippen molar-refractivity contribution in [2.75, 3.05) is 19.6 Å². The van der Waals surface area contributed by atoms with Gasteiger partial charge in [0.2, 0.25) is 0 Å². The van der Waals surface area contributed by atoms with Gasteiger partial charge in [0, 0.05) is 25.8 Å². The Bertz CT molecular complexity index is 409. The number of hydrogen-bond donors (Lipinski definition) is 2. The molecule has 0 fully saturated rings. The smallest absolute Gasteiger partial charge is 0.302 e. The standard InChI is InChI=1S/C8H17N3.CHF3O3S/c1-4-10-6-8(3)7-11(5-2)9-10;2-1(3,4)8(5,6)7/h6,9H,4-5,7H2,1-3H3;(H,5,6,7). The first-order valence-electron chi connectivity index (χ1n) is 5.50. The molecule has 10 heteroatoms. The highest BCUT2D eigenvalue weighted by Gasteiger charge is 2.44. The lowest BCUT2D eigenvalue weighted by molar-refractivity contribution is -0.0510. The van der Waals surface area contributed by atoms with Crippen LogP contribution in [0.4, 0.5) is 13.2 Å². The van der Waals surface area contributed by atoms with Crippen molar-refractivity contribution >= 4 is 10.1 Å². The molecule has 0 bridgehead atoms. The van der Waals surface area contributed by atoms with Gasteiger partial charge >= 0.3 is 15.6 Å². The lowest BCUT2D eigenvalue weighted by Crippen LogP contribution is -2.51. The number of rotatable bonds is 2. The van der Waals surface area contributed by atoms with Crippen LogP contribution in [0.1, 0.15) is 20.8 Å². The second-order valence-corrected chi connectivity index (χ2v) is 5.21. The predicted octanol–water partition coefficient (Wildman–Crippen LogP) is 1.36. The van der Waals surface area contributed by atoms with Crippen molar-refractivity contribution < 1.29 is 26.1 Å². The van der Waals surface area contributed by atoms with Crippen LogP contribution < -0.4 is 5.53 Å². The lowest BCUT2D eigenvalue weighted by atomic mass is 10.3. The zero-order chi connectivity index (χ0) is 15.3.